The van der Waals surface area contributed by atoms with E-state index < -0.39 is 5.97 Å². The van der Waals surface area contributed by atoms with Crippen molar-refractivity contribution in [2.75, 3.05) is 31.4 Å². The number of hydrogen-bond acceptors (Lipinski definition) is 8. The van der Waals surface area contributed by atoms with E-state index in [1.54, 1.807) is 32.2 Å². The van der Waals surface area contributed by atoms with Crippen LogP contribution in [-0.2, 0) is 20.8 Å². The molecule has 1 aromatic carbocycles. The molecule has 10 heteroatoms. The molecule has 2 heterocycles. The van der Waals surface area contributed by atoms with Gasteiger partial charge in [-0.1, -0.05) is 23.9 Å². The second-order valence-electron chi connectivity index (χ2n) is 6.91. The molecule has 3 rings (SSSR count). The van der Waals surface area contributed by atoms with Crippen LogP contribution in [0.15, 0.2) is 34.2 Å². The van der Waals surface area contributed by atoms with Gasteiger partial charge < -0.3 is 14.8 Å². The van der Waals surface area contributed by atoms with E-state index in [0.29, 0.717) is 39.8 Å². The third kappa shape index (κ3) is 5.20. The summed E-state index contributed by atoms with van der Waals surface area (Å²) < 4.78 is 11.8. The molecule has 1 amide bonds. The van der Waals surface area contributed by atoms with E-state index in [1.165, 1.54) is 15.9 Å². The average Bonchev–Trinajstić information content (AvgIpc) is 3.05. The molecular weight excluding hydrogens is 450 g/mol. The number of benzene rings is 1. The molecule has 32 heavy (non-hydrogen) atoms. The SMILES string of the molecule is CCOC(=O)c1c(NC(=O)CSc2nc3ccccc3c(=O)n2CCOC)sc(C)c1C. The Morgan fingerprint density at radius 3 is 2.72 bits per heavy atom. The molecule has 0 aliphatic rings. The van der Waals surface area contributed by atoms with Crippen LogP contribution in [0.25, 0.3) is 10.9 Å². The molecule has 0 radical (unpaired) electrons. The number of anilines is 1. The summed E-state index contributed by atoms with van der Waals surface area (Å²) in [7, 11) is 1.56. The zero-order chi connectivity index (χ0) is 23.3. The van der Waals surface area contributed by atoms with E-state index in [2.05, 4.69) is 10.3 Å². The number of nitrogens with one attached hydrogen (secondary N) is 1. The van der Waals surface area contributed by atoms with Crippen molar-refractivity contribution in [2.45, 2.75) is 32.5 Å². The summed E-state index contributed by atoms with van der Waals surface area (Å²) in [5.41, 5.74) is 1.57. The maximum atomic E-state index is 12.9. The molecule has 0 aliphatic carbocycles. The van der Waals surface area contributed by atoms with E-state index in [0.717, 1.165) is 22.2 Å². The topological polar surface area (TPSA) is 99.5 Å². The molecule has 0 bridgehead atoms. The standard InChI is InChI=1S/C22H25N3O5S2/c1-5-30-21(28)18-13(2)14(3)32-19(18)24-17(26)12-31-22-23-16-9-7-6-8-15(16)20(27)25(22)10-11-29-4/h6-9H,5,10-12H2,1-4H3,(H,24,26). The minimum Gasteiger partial charge on any atom is -0.462 e. The van der Waals surface area contributed by atoms with Crippen molar-refractivity contribution in [2.24, 2.45) is 0 Å². The predicted molar refractivity (Wildman–Crippen MR) is 127 cm³/mol. The number of methoxy groups -OCH3 is 1. The number of esters is 1. The van der Waals surface area contributed by atoms with Crippen LogP contribution in [0.4, 0.5) is 5.00 Å². The van der Waals surface area contributed by atoms with E-state index in [1.807, 2.05) is 19.9 Å². The predicted octanol–water partition coefficient (Wildman–Crippen LogP) is 3.63. The number of carbonyl (C=O) groups excluding carboxylic acids is 2. The Morgan fingerprint density at radius 2 is 2.00 bits per heavy atom. The van der Waals surface area contributed by atoms with E-state index in [-0.39, 0.29) is 23.8 Å². The minimum absolute atomic E-state index is 0.0238. The second kappa shape index (κ2) is 10.8. The van der Waals surface area contributed by atoms with Crippen LogP contribution in [0.3, 0.4) is 0 Å². The van der Waals surface area contributed by atoms with Gasteiger partial charge in [0.2, 0.25) is 5.91 Å². The Morgan fingerprint density at radius 1 is 1.25 bits per heavy atom. The quantitative estimate of drug-likeness (QED) is 0.287. The first kappa shape index (κ1) is 24.0. The van der Waals surface area contributed by atoms with Crippen LogP contribution in [0.1, 0.15) is 27.7 Å². The van der Waals surface area contributed by atoms with Gasteiger partial charge >= 0.3 is 5.97 Å². The van der Waals surface area contributed by atoms with Crippen molar-refractivity contribution < 1.29 is 19.1 Å². The largest absolute Gasteiger partial charge is 0.462 e. The van der Waals surface area contributed by atoms with Gasteiger partial charge in [-0.2, -0.15) is 0 Å². The lowest BCUT2D eigenvalue weighted by atomic mass is 10.1. The average molecular weight is 476 g/mol. The third-order valence-corrected chi connectivity index (χ3v) is 6.89. The summed E-state index contributed by atoms with van der Waals surface area (Å²) in [5.74, 6) is -0.736. The number of ether oxygens (including phenoxy) is 2. The molecule has 1 N–H and O–H groups in total. The molecular formula is C22H25N3O5S2. The summed E-state index contributed by atoms with van der Waals surface area (Å²) in [4.78, 5) is 43.5. The number of nitrogens with zero attached hydrogens (tertiary/aromatic N) is 2. The van der Waals surface area contributed by atoms with Crippen molar-refractivity contribution in [3.8, 4) is 0 Å². The number of thioether (sulfide) groups is 1. The highest BCUT2D eigenvalue weighted by molar-refractivity contribution is 7.99. The Hall–Kier alpha value is -2.69. The van der Waals surface area contributed by atoms with Crippen molar-refractivity contribution >= 4 is 50.9 Å². The number of thiophene rings is 1. The first-order valence-corrected chi connectivity index (χ1v) is 11.9. The number of aryl methyl sites for hydroxylation is 1. The molecule has 0 fully saturated rings. The highest BCUT2D eigenvalue weighted by Gasteiger charge is 2.22. The normalized spacial score (nSPS) is 11.0. The number of amides is 1. The van der Waals surface area contributed by atoms with Crippen molar-refractivity contribution in [1.82, 2.24) is 9.55 Å². The second-order valence-corrected chi connectivity index (χ2v) is 9.07. The Labute approximate surface area is 193 Å². The van der Waals surface area contributed by atoms with Gasteiger partial charge in [-0.05, 0) is 38.5 Å². The van der Waals surface area contributed by atoms with Gasteiger partial charge in [0, 0.05) is 12.0 Å². The Kier molecular flexibility index (Phi) is 8.05. The molecule has 3 aromatic rings. The number of rotatable bonds is 9. The van der Waals surface area contributed by atoms with Gasteiger partial charge in [0.1, 0.15) is 5.00 Å². The fourth-order valence-corrected chi connectivity index (χ4v) is 4.98. The monoisotopic (exact) mass is 475 g/mol. The minimum atomic E-state index is -0.457. The Balaban J connectivity index is 1.82. The number of hydrogen-bond donors (Lipinski definition) is 1. The summed E-state index contributed by atoms with van der Waals surface area (Å²) in [6, 6.07) is 7.10. The van der Waals surface area contributed by atoms with Crippen molar-refractivity contribution in [1.29, 1.82) is 0 Å². The summed E-state index contributed by atoms with van der Waals surface area (Å²) in [6.07, 6.45) is 0. The number of fused-ring (bicyclic) bond motifs is 1. The lowest BCUT2D eigenvalue weighted by molar-refractivity contribution is -0.113. The first-order valence-electron chi connectivity index (χ1n) is 10.1. The lowest BCUT2D eigenvalue weighted by Crippen LogP contribution is -2.26. The molecule has 0 spiro atoms. The number of aromatic nitrogens is 2. The van der Waals surface area contributed by atoms with E-state index in [4.69, 9.17) is 9.47 Å². The molecule has 0 aliphatic heterocycles. The van der Waals surface area contributed by atoms with Gasteiger partial charge in [0.25, 0.3) is 5.56 Å². The van der Waals surface area contributed by atoms with Crippen molar-refractivity contribution in [3.63, 3.8) is 0 Å². The highest BCUT2D eigenvalue weighted by Crippen LogP contribution is 2.33. The first-order chi connectivity index (χ1) is 15.4. The fourth-order valence-electron chi connectivity index (χ4n) is 3.09. The van der Waals surface area contributed by atoms with E-state index in [9.17, 15) is 14.4 Å². The van der Waals surface area contributed by atoms with Gasteiger partial charge in [-0.15, -0.1) is 11.3 Å². The Bertz CT molecular complexity index is 1200. The third-order valence-electron chi connectivity index (χ3n) is 4.80. The van der Waals surface area contributed by atoms with Gasteiger partial charge in [-0.25, -0.2) is 9.78 Å². The number of para-hydroxylation sites is 1. The molecule has 0 saturated carbocycles. The summed E-state index contributed by atoms with van der Waals surface area (Å²) in [5, 5.41) is 4.23. The maximum absolute atomic E-state index is 12.9. The highest BCUT2D eigenvalue weighted by atomic mass is 32.2. The molecule has 0 atom stereocenters. The van der Waals surface area contributed by atoms with Crippen LogP contribution in [0, 0.1) is 13.8 Å². The van der Waals surface area contributed by atoms with Gasteiger partial charge in [0.05, 0.1) is 42.0 Å². The van der Waals surface area contributed by atoms with Crippen LogP contribution >= 0.6 is 23.1 Å². The fraction of sp³-hybridized carbons (Fsp3) is 0.364. The van der Waals surface area contributed by atoms with Gasteiger partial charge in [0.15, 0.2) is 5.16 Å². The van der Waals surface area contributed by atoms with Crippen LogP contribution in [0.5, 0.6) is 0 Å². The molecule has 2 aromatic heterocycles. The molecule has 0 unspecified atom stereocenters. The summed E-state index contributed by atoms with van der Waals surface area (Å²) in [6.45, 7) is 6.38. The lowest BCUT2D eigenvalue weighted by Gasteiger charge is -2.13. The van der Waals surface area contributed by atoms with Gasteiger partial charge in [-0.3, -0.25) is 14.2 Å². The molecule has 8 nitrogen and oxygen atoms in total. The zero-order valence-electron chi connectivity index (χ0n) is 18.4. The van der Waals surface area contributed by atoms with Crippen LogP contribution < -0.4 is 10.9 Å². The van der Waals surface area contributed by atoms with Crippen LogP contribution in [0.2, 0.25) is 0 Å². The zero-order valence-corrected chi connectivity index (χ0v) is 20.0. The molecule has 170 valence electrons. The maximum Gasteiger partial charge on any atom is 0.341 e. The smallest absolute Gasteiger partial charge is 0.341 e. The molecule has 0 saturated heterocycles. The van der Waals surface area contributed by atoms with Crippen LogP contribution in [-0.4, -0.2) is 47.5 Å². The van der Waals surface area contributed by atoms with E-state index >= 15 is 0 Å². The summed E-state index contributed by atoms with van der Waals surface area (Å²) >= 11 is 2.50. The van der Waals surface area contributed by atoms with Crippen molar-refractivity contribution in [3.05, 3.63) is 50.6 Å². The number of carbonyl (C=O) groups is 2.